The lowest BCUT2D eigenvalue weighted by Gasteiger charge is -1.87. The highest BCUT2D eigenvalue weighted by Gasteiger charge is 2.02. The summed E-state index contributed by atoms with van der Waals surface area (Å²) in [7, 11) is 1.50. The maximum absolute atomic E-state index is 10.7. The predicted molar refractivity (Wildman–Crippen MR) is 36.7 cm³/mol. The molecule has 9 heavy (non-hydrogen) atoms. The Bertz CT molecular complexity index is 193. The maximum Gasteiger partial charge on any atom is 0.282 e. The fourth-order valence-electron chi connectivity index (χ4n) is 0.510. The first kappa shape index (κ1) is 6.29. The largest absolute Gasteiger partial charge is 0.282 e. The van der Waals surface area contributed by atoms with Crippen LogP contribution >= 0.6 is 11.3 Å². The fraction of sp³-hybridized carbons (Fsp3) is 0.167. The van der Waals surface area contributed by atoms with Gasteiger partial charge in [0.1, 0.15) is 0 Å². The molecular weight excluding hydrogens is 134 g/mol. The molecule has 47 valence electrons. The Kier molecular flexibility index (Phi) is 1.85. The van der Waals surface area contributed by atoms with E-state index in [1.807, 2.05) is 11.4 Å². The Balaban J connectivity index is 2.77. The van der Waals surface area contributed by atoms with Crippen LogP contribution in [0.4, 0.5) is 0 Å². The first-order chi connectivity index (χ1) is 4.34. The zero-order valence-corrected chi connectivity index (χ0v) is 5.81. The van der Waals surface area contributed by atoms with Gasteiger partial charge in [0, 0.05) is 7.05 Å². The summed E-state index contributed by atoms with van der Waals surface area (Å²) in [5.41, 5.74) is 0. The molecule has 1 aromatic rings. The van der Waals surface area contributed by atoms with Gasteiger partial charge in [0.2, 0.25) is 0 Å². The zero-order valence-electron chi connectivity index (χ0n) is 5.00. The molecule has 1 amide bonds. The second-order valence-corrected chi connectivity index (χ2v) is 2.45. The van der Waals surface area contributed by atoms with Crippen LogP contribution in [0.3, 0.4) is 0 Å². The highest BCUT2D eigenvalue weighted by Crippen LogP contribution is 2.07. The van der Waals surface area contributed by atoms with Crippen molar-refractivity contribution >= 4 is 17.2 Å². The number of carbonyl (C=O) groups excluding carboxylic acids is 1. The van der Waals surface area contributed by atoms with Crippen molar-refractivity contribution in [2.45, 2.75) is 0 Å². The van der Waals surface area contributed by atoms with Gasteiger partial charge in [0.05, 0.1) is 4.88 Å². The summed E-state index contributed by atoms with van der Waals surface area (Å²) in [5.74, 6) is -0.134. The van der Waals surface area contributed by atoms with Crippen LogP contribution in [-0.4, -0.2) is 13.0 Å². The molecule has 0 aliphatic carbocycles. The molecule has 1 rings (SSSR count). The molecule has 0 fully saturated rings. The van der Waals surface area contributed by atoms with Gasteiger partial charge in [0.25, 0.3) is 5.91 Å². The van der Waals surface area contributed by atoms with Crippen molar-refractivity contribution in [2.24, 2.45) is 0 Å². The summed E-state index contributed by atoms with van der Waals surface area (Å²) in [6.07, 6.45) is 0. The van der Waals surface area contributed by atoms with Crippen molar-refractivity contribution in [1.82, 2.24) is 5.32 Å². The van der Waals surface area contributed by atoms with Crippen LogP contribution in [0.5, 0.6) is 0 Å². The van der Waals surface area contributed by atoms with Gasteiger partial charge in [-0.25, -0.2) is 5.32 Å². The van der Waals surface area contributed by atoms with E-state index in [0.717, 1.165) is 0 Å². The molecule has 0 saturated carbocycles. The van der Waals surface area contributed by atoms with Crippen molar-refractivity contribution in [3.05, 3.63) is 22.4 Å². The van der Waals surface area contributed by atoms with Gasteiger partial charge >= 0.3 is 0 Å². The summed E-state index contributed by atoms with van der Waals surface area (Å²) in [4.78, 5) is 11.4. The third kappa shape index (κ3) is 1.29. The number of amides is 1. The number of thiophene rings is 1. The van der Waals surface area contributed by atoms with Gasteiger partial charge in [-0.05, 0) is 11.4 Å². The number of hydrogen-bond donors (Lipinski definition) is 0. The standard InChI is InChI=1S/C6H6NOS/c1-7-6(8)5-3-2-4-9-5/h2-4H,1H3. The van der Waals surface area contributed by atoms with Crippen LogP contribution in [0.25, 0.3) is 0 Å². The van der Waals surface area contributed by atoms with E-state index < -0.39 is 0 Å². The molecule has 1 aromatic heterocycles. The molecule has 2 nitrogen and oxygen atoms in total. The Morgan fingerprint density at radius 1 is 1.78 bits per heavy atom. The van der Waals surface area contributed by atoms with Gasteiger partial charge < -0.3 is 0 Å². The molecule has 0 saturated heterocycles. The summed E-state index contributed by atoms with van der Waals surface area (Å²) in [5, 5.41) is 5.36. The molecule has 0 bridgehead atoms. The van der Waals surface area contributed by atoms with Crippen LogP contribution in [0.2, 0.25) is 0 Å². The highest BCUT2D eigenvalue weighted by molar-refractivity contribution is 7.12. The van der Waals surface area contributed by atoms with Gasteiger partial charge in [0.15, 0.2) is 0 Å². The molecule has 0 aliphatic rings. The quantitative estimate of drug-likeness (QED) is 0.575. The van der Waals surface area contributed by atoms with Crippen LogP contribution < -0.4 is 5.32 Å². The second kappa shape index (κ2) is 2.64. The first-order valence-electron chi connectivity index (χ1n) is 2.52. The minimum absolute atomic E-state index is 0.134. The summed E-state index contributed by atoms with van der Waals surface area (Å²) < 4.78 is 0. The Labute approximate surface area is 57.5 Å². The van der Waals surface area contributed by atoms with E-state index in [1.54, 1.807) is 6.07 Å². The predicted octanol–water partition coefficient (Wildman–Crippen LogP) is 1.12. The molecule has 0 spiro atoms. The first-order valence-corrected chi connectivity index (χ1v) is 3.40. The van der Waals surface area contributed by atoms with Crippen molar-refractivity contribution in [3.63, 3.8) is 0 Å². The Hall–Kier alpha value is -0.830. The van der Waals surface area contributed by atoms with E-state index in [1.165, 1.54) is 18.4 Å². The summed E-state index contributed by atoms with van der Waals surface area (Å²) in [6, 6.07) is 3.60. The molecule has 0 aromatic carbocycles. The van der Waals surface area contributed by atoms with Crippen molar-refractivity contribution in [3.8, 4) is 0 Å². The van der Waals surface area contributed by atoms with E-state index >= 15 is 0 Å². The van der Waals surface area contributed by atoms with Crippen LogP contribution in [-0.2, 0) is 0 Å². The lowest BCUT2D eigenvalue weighted by molar-refractivity contribution is 0.0963. The highest BCUT2D eigenvalue weighted by atomic mass is 32.1. The Morgan fingerprint density at radius 3 is 3.00 bits per heavy atom. The van der Waals surface area contributed by atoms with E-state index in [4.69, 9.17) is 0 Å². The van der Waals surface area contributed by atoms with E-state index in [-0.39, 0.29) is 5.91 Å². The average molecular weight is 140 g/mol. The average Bonchev–Trinajstić information content (AvgIpc) is 2.37. The van der Waals surface area contributed by atoms with Gasteiger partial charge in [-0.3, -0.25) is 4.79 Å². The number of hydrogen-bond acceptors (Lipinski definition) is 2. The smallest absolute Gasteiger partial charge is 0.266 e. The molecule has 0 N–H and O–H groups in total. The van der Waals surface area contributed by atoms with Crippen LogP contribution in [0.1, 0.15) is 9.67 Å². The zero-order chi connectivity index (χ0) is 6.69. The number of rotatable bonds is 1. The van der Waals surface area contributed by atoms with E-state index in [9.17, 15) is 4.79 Å². The van der Waals surface area contributed by atoms with Crippen LogP contribution in [0.15, 0.2) is 17.5 Å². The molecule has 0 unspecified atom stereocenters. The SMILES string of the molecule is C[N]C(=O)c1cccs1. The fourth-order valence-corrected chi connectivity index (χ4v) is 1.16. The van der Waals surface area contributed by atoms with Crippen LogP contribution in [0, 0.1) is 0 Å². The van der Waals surface area contributed by atoms with Crippen molar-refractivity contribution in [1.29, 1.82) is 0 Å². The lowest BCUT2D eigenvalue weighted by atomic mass is 10.4. The number of carbonyl (C=O) groups is 1. The normalized spacial score (nSPS) is 9.00. The van der Waals surface area contributed by atoms with Gasteiger partial charge in [-0.15, -0.1) is 11.3 Å². The minimum Gasteiger partial charge on any atom is -0.266 e. The topological polar surface area (TPSA) is 31.2 Å². The summed E-state index contributed by atoms with van der Waals surface area (Å²) >= 11 is 1.41. The molecule has 0 atom stereocenters. The lowest BCUT2D eigenvalue weighted by Crippen LogP contribution is -2.07. The number of nitrogens with zero attached hydrogens (tertiary/aromatic N) is 1. The summed E-state index contributed by atoms with van der Waals surface area (Å²) in [6.45, 7) is 0. The van der Waals surface area contributed by atoms with Gasteiger partial charge in [-0.1, -0.05) is 6.07 Å². The third-order valence-electron chi connectivity index (χ3n) is 0.935. The Morgan fingerprint density at radius 2 is 2.56 bits per heavy atom. The van der Waals surface area contributed by atoms with E-state index in [2.05, 4.69) is 5.32 Å². The van der Waals surface area contributed by atoms with Crippen molar-refractivity contribution < 1.29 is 4.79 Å². The molecular formula is C6H6NOS. The third-order valence-corrected chi connectivity index (χ3v) is 1.79. The monoisotopic (exact) mass is 140 g/mol. The second-order valence-electron chi connectivity index (χ2n) is 1.51. The van der Waals surface area contributed by atoms with Crippen molar-refractivity contribution in [2.75, 3.05) is 7.05 Å². The molecule has 3 heteroatoms. The molecule has 1 radical (unpaired) electrons. The molecule has 0 aliphatic heterocycles. The minimum atomic E-state index is -0.134. The molecule has 1 heterocycles. The van der Waals surface area contributed by atoms with Gasteiger partial charge in [-0.2, -0.15) is 0 Å². The van der Waals surface area contributed by atoms with E-state index in [0.29, 0.717) is 4.88 Å². The maximum atomic E-state index is 10.7.